The van der Waals surface area contributed by atoms with Crippen molar-refractivity contribution in [2.24, 2.45) is 0 Å². The minimum absolute atomic E-state index is 0.596. The van der Waals surface area contributed by atoms with Gasteiger partial charge >= 0.3 is 0 Å². The Morgan fingerprint density at radius 1 is 1.05 bits per heavy atom. The summed E-state index contributed by atoms with van der Waals surface area (Å²) in [4.78, 5) is 3.55. The Bertz CT molecular complexity index is 501. The molecule has 19 heavy (non-hydrogen) atoms. The molecule has 1 fully saturated rings. The van der Waals surface area contributed by atoms with Gasteiger partial charge in [-0.1, -0.05) is 36.4 Å². The Balaban J connectivity index is 1.61. The number of aliphatic hydroxyl groups is 1. The van der Waals surface area contributed by atoms with Gasteiger partial charge in [0.05, 0.1) is 0 Å². The number of likely N-dealkylation sites (tertiary alicyclic amines) is 1. The van der Waals surface area contributed by atoms with Crippen molar-refractivity contribution >= 4 is 11.3 Å². The van der Waals surface area contributed by atoms with E-state index in [0.29, 0.717) is 0 Å². The first kappa shape index (κ1) is 12.9. The van der Waals surface area contributed by atoms with Crippen LogP contribution in [0.5, 0.6) is 0 Å². The predicted octanol–water partition coefficient (Wildman–Crippen LogP) is 3.23. The topological polar surface area (TPSA) is 23.5 Å². The fourth-order valence-electron chi connectivity index (χ4n) is 2.71. The van der Waals surface area contributed by atoms with Crippen LogP contribution >= 0.6 is 11.3 Å². The molecule has 0 unspecified atom stereocenters. The van der Waals surface area contributed by atoms with E-state index < -0.39 is 5.60 Å². The van der Waals surface area contributed by atoms with Crippen molar-refractivity contribution in [2.45, 2.75) is 25.0 Å². The Kier molecular flexibility index (Phi) is 3.69. The van der Waals surface area contributed by atoms with Crippen molar-refractivity contribution in [1.82, 2.24) is 4.90 Å². The lowest BCUT2D eigenvalue weighted by Crippen LogP contribution is -2.41. The first-order chi connectivity index (χ1) is 9.26. The summed E-state index contributed by atoms with van der Waals surface area (Å²) in [5.41, 5.74) is 0.755. The van der Waals surface area contributed by atoms with Crippen LogP contribution in [0.15, 0.2) is 47.8 Å². The quantitative estimate of drug-likeness (QED) is 0.928. The minimum Gasteiger partial charge on any atom is -0.384 e. The van der Waals surface area contributed by atoms with Crippen LogP contribution in [0.3, 0.4) is 0 Å². The lowest BCUT2D eigenvalue weighted by Gasteiger charge is -2.37. The van der Waals surface area contributed by atoms with Crippen LogP contribution in [-0.4, -0.2) is 23.1 Å². The van der Waals surface area contributed by atoms with E-state index in [1.807, 2.05) is 11.4 Å². The number of piperidine rings is 1. The molecular formula is C16H19NOS. The summed E-state index contributed by atoms with van der Waals surface area (Å²) in [6, 6.07) is 14.6. The molecule has 0 atom stereocenters. The van der Waals surface area contributed by atoms with Crippen molar-refractivity contribution in [3.05, 3.63) is 58.3 Å². The highest BCUT2D eigenvalue weighted by atomic mass is 32.1. The summed E-state index contributed by atoms with van der Waals surface area (Å²) >= 11 is 1.66. The second kappa shape index (κ2) is 5.45. The molecule has 100 valence electrons. The van der Waals surface area contributed by atoms with Crippen molar-refractivity contribution in [3.8, 4) is 0 Å². The van der Waals surface area contributed by atoms with Crippen LogP contribution in [0.1, 0.15) is 23.3 Å². The Morgan fingerprint density at radius 3 is 2.42 bits per heavy atom. The van der Waals surface area contributed by atoms with Gasteiger partial charge in [-0.3, -0.25) is 4.90 Å². The van der Waals surface area contributed by atoms with E-state index in [9.17, 15) is 5.11 Å². The Morgan fingerprint density at radius 2 is 1.79 bits per heavy atom. The van der Waals surface area contributed by atoms with Crippen LogP contribution in [0.4, 0.5) is 0 Å². The zero-order chi connectivity index (χ0) is 13.1. The van der Waals surface area contributed by atoms with Crippen molar-refractivity contribution < 1.29 is 5.11 Å². The molecule has 1 saturated heterocycles. The molecule has 1 aromatic carbocycles. The van der Waals surface area contributed by atoms with Gasteiger partial charge in [0, 0.05) is 24.5 Å². The lowest BCUT2D eigenvalue weighted by atomic mass is 9.90. The van der Waals surface area contributed by atoms with Gasteiger partial charge in [0.15, 0.2) is 0 Å². The normalized spacial score (nSPS) is 19.4. The molecule has 1 aliphatic rings. The third kappa shape index (κ3) is 2.89. The number of benzene rings is 1. The average Bonchev–Trinajstić information content (AvgIpc) is 2.98. The first-order valence-electron chi connectivity index (χ1n) is 6.79. The monoisotopic (exact) mass is 273 g/mol. The van der Waals surface area contributed by atoms with E-state index in [1.165, 1.54) is 5.56 Å². The predicted molar refractivity (Wildman–Crippen MR) is 79.2 cm³/mol. The third-order valence-corrected chi connectivity index (χ3v) is 4.98. The second-order valence-electron chi connectivity index (χ2n) is 5.27. The van der Waals surface area contributed by atoms with Crippen LogP contribution in [0.25, 0.3) is 0 Å². The van der Waals surface area contributed by atoms with Gasteiger partial charge in [-0.05, 0) is 29.9 Å². The zero-order valence-corrected chi connectivity index (χ0v) is 11.8. The maximum Gasteiger partial charge on any atom is 0.101 e. The Labute approximate surface area is 118 Å². The van der Waals surface area contributed by atoms with Crippen molar-refractivity contribution in [1.29, 1.82) is 0 Å². The first-order valence-corrected chi connectivity index (χ1v) is 7.67. The summed E-state index contributed by atoms with van der Waals surface area (Å²) in [6.07, 6.45) is 1.67. The molecule has 2 heterocycles. The summed E-state index contributed by atoms with van der Waals surface area (Å²) < 4.78 is 0. The van der Waals surface area contributed by atoms with Crippen molar-refractivity contribution in [2.75, 3.05) is 13.1 Å². The van der Waals surface area contributed by atoms with Crippen LogP contribution in [0.2, 0.25) is 0 Å². The van der Waals surface area contributed by atoms with E-state index in [2.05, 4.69) is 41.3 Å². The molecule has 1 aliphatic heterocycles. The summed E-state index contributed by atoms with van der Waals surface area (Å²) in [5.74, 6) is 0. The summed E-state index contributed by atoms with van der Waals surface area (Å²) in [6.45, 7) is 2.91. The van der Waals surface area contributed by atoms with Gasteiger partial charge in [-0.2, -0.15) is 0 Å². The van der Waals surface area contributed by atoms with E-state index in [-0.39, 0.29) is 0 Å². The zero-order valence-electron chi connectivity index (χ0n) is 11.0. The van der Waals surface area contributed by atoms with Crippen LogP contribution < -0.4 is 0 Å². The number of rotatable bonds is 3. The highest BCUT2D eigenvalue weighted by molar-refractivity contribution is 7.10. The fourth-order valence-corrected chi connectivity index (χ4v) is 3.60. The Hall–Kier alpha value is -1.16. The van der Waals surface area contributed by atoms with Crippen LogP contribution in [-0.2, 0) is 12.1 Å². The van der Waals surface area contributed by atoms with Gasteiger partial charge in [0.2, 0.25) is 0 Å². The molecule has 0 saturated carbocycles. The van der Waals surface area contributed by atoms with Gasteiger partial charge < -0.3 is 5.11 Å². The van der Waals surface area contributed by atoms with E-state index in [1.54, 1.807) is 11.3 Å². The molecule has 1 aromatic heterocycles. The molecule has 1 N–H and O–H groups in total. The van der Waals surface area contributed by atoms with Gasteiger partial charge in [0.25, 0.3) is 0 Å². The molecule has 0 bridgehead atoms. The van der Waals surface area contributed by atoms with Crippen molar-refractivity contribution in [3.63, 3.8) is 0 Å². The van der Waals surface area contributed by atoms with E-state index in [0.717, 1.165) is 37.4 Å². The number of nitrogens with zero attached hydrogens (tertiary/aromatic N) is 1. The summed E-state index contributed by atoms with van der Waals surface area (Å²) in [7, 11) is 0. The molecule has 0 radical (unpaired) electrons. The molecule has 2 nitrogen and oxygen atoms in total. The molecular weight excluding hydrogens is 254 g/mol. The fraction of sp³-hybridized carbons (Fsp3) is 0.375. The lowest BCUT2D eigenvalue weighted by molar-refractivity contribution is -0.0248. The van der Waals surface area contributed by atoms with Gasteiger partial charge in [-0.25, -0.2) is 0 Å². The molecule has 0 aliphatic carbocycles. The SMILES string of the molecule is OC1(c2cccs2)CCN(Cc2ccccc2)CC1. The van der Waals surface area contributed by atoms with E-state index >= 15 is 0 Å². The van der Waals surface area contributed by atoms with Crippen LogP contribution in [0, 0.1) is 0 Å². The highest BCUT2D eigenvalue weighted by Crippen LogP contribution is 2.35. The highest BCUT2D eigenvalue weighted by Gasteiger charge is 2.34. The second-order valence-corrected chi connectivity index (χ2v) is 6.22. The minimum atomic E-state index is -0.596. The molecule has 0 amide bonds. The third-order valence-electron chi connectivity index (χ3n) is 3.91. The standard InChI is InChI=1S/C16H19NOS/c18-16(15-7-4-12-19-15)8-10-17(11-9-16)13-14-5-2-1-3-6-14/h1-7,12,18H,8-11,13H2. The van der Waals surface area contributed by atoms with E-state index in [4.69, 9.17) is 0 Å². The van der Waals surface area contributed by atoms with Gasteiger partial charge in [-0.15, -0.1) is 11.3 Å². The largest absolute Gasteiger partial charge is 0.384 e. The molecule has 2 aromatic rings. The van der Waals surface area contributed by atoms with Gasteiger partial charge in [0.1, 0.15) is 5.60 Å². The number of hydrogen-bond acceptors (Lipinski definition) is 3. The molecule has 3 heteroatoms. The molecule has 3 rings (SSSR count). The maximum atomic E-state index is 10.7. The molecule has 0 spiro atoms. The maximum absolute atomic E-state index is 10.7. The summed E-state index contributed by atoms with van der Waals surface area (Å²) in [5, 5.41) is 12.7. The number of thiophene rings is 1. The number of hydrogen-bond donors (Lipinski definition) is 1. The average molecular weight is 273 g/mol. The smallest absolute Gasteiger partial charge is 0.101 e.